The number of aromatic nitrogens is 2. The highest BCUT2D eigenvalue weighted by molar-refractivity contribution is 6.26. The number of allylic oxidation sites excluding steroid dienone is 1. The molecule has 2 aromatic heterocycles. The van der Waals surface area contributed by atoms with E-state index in [2.05, 4.69) is 9.97 Å². The molecule has 0 spiro atoms. The summed E-state index contributed by atoms with van der Waals surface area (Å²) in [7, 11) is 0. The molecule has 1 fully saturated rings. The monoisotopic (exact) mass is 369 g/mol. The molecule has 0 bridgehead atoms. The third-order valence-corrected chi connectivity index (χ3v) is 4.95. The van der Waals surface area contributed by atoms with Gasteiger partial charge in [0, 0.05) is 29.9 Å². The normalized spacial score (nSPS) is 22.0. The first-order valence-electron chi connectivity index (χ1n) is 8.81. The number of ether oxygens (including phenoxy) is 1. The Morgan fingerprint density at radius 1 is 1.44 bits per heavy atom. The van der Waals surface area contributed by atoms with Gasteiger partial charge in [0.05, 0.1) is 12.6 Å². The molecule has 8 heteroatoms. The quantitative estimate of drug-likeness (QED) is 0.554. The summed E-state index contributed by atoms with van der Waals surface area (Å²) >= 11 is 0. The van der Waals surface area contributed by atoms with Crippen LogP contribution in [0.3, 0.4) is 0 Å². The number of carbonyl (C=O) groups is 2. The highest BCUT2D eigenvalue weighted by Crippen LogP contribution is 2.33. The number of piperidine rings is 1. The summed E-state index contributed by atoms with van der Waals surface area (Å²) < 4.78 is 5.73. The van der Waals surface area contributed by atoms with Gasteiger partial charge in [-0.2, -0.15) is 0 Å². The van der Waals surface area contributed by atoms with E-state index in [9.17, 15) is 19.8 Å². The summed E-state index contributed by atoms with van der Waals surface area (Å²) in [5.41, 5.74) is 0.960. The Labute approximate surface area is 154 Å². The number of hydrogen-bond donors (Lipinski definition) is 3. The average molecular weight is 369 g/mol. The third kappa shape index (κ3) is 2.97. The summed E-state index contributed by atoms with van der Waals surface area (Å²) in [6, 6.07) is 3.37. The molecular formula is C19H19N3O5. The van der Waals surface area contributed by atoms with Crippen molar-refractivity contribution in [3.63, 3.8) is 0 Å². The number of carboxylic acids is 1. The number of ketones is 1. The third-order valence-electron chi connectivity index (χ3n) is 4.95. The molecule has 2 aliphatic rings. The maximum atomic E-state index is 12.7. The van der Waals surface area contributed by atoms with Crippen LogP contribution in [-0.2, 0) is 14.3 Å². The number of aliphatic carboxylic acids is 1. The van der Waals surface area contributed by atoms with E-state index in [1.165, 1.54) is 6.08 Å². The Hall–Kier alpha value is -3.13. The number of rotatable bonds is 4. The molecule has 1 unspecified atom stereocenters. The number of H-pyrrole nitrogens is 1. The Bertz CT molecular complexity index is 975. The highest BCUT2D eigenvalue weighted by atomic mass is 16.5. The summed E-state index contributed by atoms with van der Waals surface area (Å²) in [4.78, 5) is 33.3. The van der Waals surface area contributed by atoms with Crippen LogP contribution >= 0.6 is 0 Å². The van der Waals surface area contributed by atoms with Crippen LogP contribution in [0.4, 0.5) is 0 Å². The molecule has 0 aliphatic carbocycles. The van der Waals surface area contributed by atoms with E-state index in [1.807, 2.05) is 6.07 Å². The van der Waals surface area contributed by atoms with Crippen LogP contribution in [0.25, 0.3) is 17.1 Å². The first-order valence-corrected chi connectivity index (χ1v) is 8.81. The Morgan fingerprint density at radius 2 is 2.30 bits per heavy atom. The Morgan fingerprint density at radius 3 is 3.07 bits per heavy atom. The molecule has 4 rings (SSSR count). The van der Waals surface area contributed by atoms with Crippen LogP contribution in [0.2, 0.25) is 0 Å². The molecule has 0 aromatic carbocycles. The van der Waals surface area contributed by atoms with Gasteiger partial charge in [0.25, 0.3) is 0 Å². The summed E-state index contributed by atoms with van der Waals surface area (Å²) in [5, 5.41) is 20.0. The van der Waals surface area contributed by atoms with Crippen molar-refractivity contribution in [1.82, 2.24) is 14.9 Å². The van der Waals surface area contributed by atoms with Gasteiger partial charge < -0.3 is 24.8 Å². The minimum Gasteiger partial charge on any atom is -0.477 e. The second-order valence-electron chi connectivity index (χ2n) is 6.59. The van der Waals surface area contributed by atoms with Gasteiger partial charge in [0.15, 0.2) is 11.3 Å². The number of aliphatic hydroxyl groups is 1. The second kappa shape index (κ2) is 6.88. The van der Waals surface area contributed by atoms with Crippen molar-refractivity contribution >= 4 is 28.9 Å². The molecule has 0 amide bonds. The van der Waals surface area contributed by atoms with Gasteiger partial charge in [-0.25, -0.2) is 9.78 Å². The molecule has 4 heterocycles. The smallest absolute Gasteiger partial charge is 0.345 e. The zero-order valence-corrected chi connectivity index (χ0v) is 14.5. The van der Waals surface area contributed by atoms with Crippen molar-refractivity contribution in [2.24, 2.45) is 0 Å². The predicted octanol–water partition coefficient (Wildman–Crippen LogP) is 1.65. The fraction of sp³-hybridized carbons (Fsp3) is 0.316. The number of nitrogens with one attached hydrogen (secondary N) is 1. The molecule has 2 aliphatic heterocycles. The number of aromatic amines is 1. The lowest BCUT2D eigenvalue weighted by Gasteiger charge is -2.36. The van der Waals surface area contributed by atoms with Gasteiger partial charge in [-0.1, -0.05) is 0 Å². The predicted molar refractivity (Wildman–Crippen MR) is 96.3 cm³/mol. The van der Waals surface area contributed by atoms with Gasteiger partial charge >= 0.3 is 5.97 Å². The van der Waals surface area contributed by atoms with E-state index < -0.39 is 11.8 Å². The second-order valence-corrected chi connectivity index (χ2v) is 6.59. The van der Waals surface area contributed by atoms with Crippen LogP contribution in [0.5, 0.6) is 0 Å². The van der Waals surface area contributed by atoms with Crippen molar-refractivity contribution in [2.45, 2.75) is 25.3 Å². The van der Waals surface area contributed by atoms with E-state index in [0.29, 0.717) is 17.8 Å². The topological polar surface area (TPSA) is 116 Å². The van der Waals surface area contributed by atoms with E-state index in [0.717, 1.165) is 24.6 Å². The van der Waals surface area contributed by atoms with Gasteiger partial charge in [-0.15, -0.1) is 0 Å². The van der Waals surface area contributed by atoms with Crippen molar-refractivity contribution in [2.75, 3.05) is 13.2 Å². The average Bonchev–Trinajstić information content (AvgIpc) is 3.23. The number of nitrogens with zero attached hydrogens (tertiary/aromatic N) is 2. The van der Waals surface area contributed by atoms with Crippen LogP contribution in [-0.4, -0.2) is 56.0 Å². The van der Waals surface area contributed by atoms with Crippen LogP contribution in [0.15, 0.2) is 41.7 Å². The number of Topliss-reactive ketones (excluding diaryl/α,β-unsaturated/α-hetero) is 1. The van der Waals surface area contributed by atoms with Crippen molar-refractivity contribution in [3.8, 4) is 0 Å². The molecule has 8 nitrogen and oxygen atoms in total. The first kappa shape index (κ1) is 17.3. The number of aliphatic hydroxyl groups excluding tert-OH is 1. The van der Waals surface area contributed by atoms with Crippen molar-refractivity contribution in [3.05, 3.63) is 47.3 Å². The molecule has 1 atom stereocenters. The van der Waals surface area contributed by atoms with Gasteiger partial charge in [-0.3, -0.25) is 4.79 Å². The Kier molecular flexibility index (Phi) is 4.41. The fourth-order valence-corrected chi connectivity index (χ4v) is 3.60. The van der Waals surface area contributed by atoms with Crippen molar-refractivity contribution < 1.29 is 24.5 Å². The lowest BCUT2D eigenvalue weighted by atomic mass is 10.0. The van der Waals surface area contributed by atoms with Crippen LogP contribution < -0.4 is 0 Å². The van der Waals surface area contributed by atoms with E-state index in [-0.39, 0.29) is 29.9 Å². The molecule has 27 heavy (non-hydrogen) atoms. The van der Waals surface area contributed by atoms with E-state index in [1.54, 1.807) is 23.4 Å². The summed E-state index contributed by atoms with van der Waals surface area (Å²) in [6.07, 6.45) is 7.38. The molecule has 2 aromatic rings. The first-order chi connectivity index (χ1) is 13.1. The molecule has 3 N–H and O–H groups in total. The van der Waals surface area contributed by atoms with Gasteiger partial charge in [-0.05, 0) is 37.5 Å². The minimum absolute atomic E-state index is 0.0236. The lowest BCUT2D eigenvalue weighted by Crippen LogP contribution is -2.41. The lowest BCUT2D eigenvalue weighted by molar-refractivity contribution is -0.134. The van der Waals surface area contributed by atoms with Crippen molar-refractivity contribution in [1.29, 1.82) is 0 Å². The summed E-state index contributed by atoms with van der Waals surface area (Å²) in [5.74, 6) is -2.02. The highest BCUT2D eigenvalue weighted by Gasteiger charge is 2.40. The largest absolute Gasteiger partial charge is 0.477 e. The molecule has 1 saturated heterocycles. The van der Waals surface area contributed by atoms with E-state index >= 15 is 0 Å². The van der Waals surface area contributed by atoms with Gasteiger partial charge in [0.1, 0.15) is 5.65 Å². The maximum absolute atomic E-state index is 12.7. The number of hydrogen-bond acceptors (Lipinski definition) is 6. The number of carboxylic acid groups (broad SMARTS) is 1. The number of carbonyl (C=O) groups excluding carboxylic acids is 1. The minimum atomic E-state index is -1.33. The standard InChI is InChI=1S/C19H19N3O5/c23-10-12-4-1-2-7-22(12)18-15(19(25)26)16(24)14(27-18)8-11-9-21-17-13(11)5-3-6-20-17/h3,5-6,8-9,12,23H,1-2,4,7,10H2,(H,20,21)(H,25,26)/b14-8-. The molecule has 0 radical (unpaired) electrons. The number of pyridine rings is 1. The molecular weight excluding hydrogens is 350 g/mol. The zero-order chi connectivity index (χ0) is 19.0. The zero-order valence-electron chi connectivity index (χ0n) is 14.5. The van der Waals surface area contributed by atoms with Crippen LogP contribution in [0, 0.1) is 0 Å². The summed E-state index contributed by atoms with van der Waals surface area (Å²) in [6.45, 7) is 0.413. The SMILES string of the molecule is O=C(O)C1=C(N2CCCCC2CO)O/C(=C\c2c[nH]c3ncccc23)C1=O. The van der Waals surface area contributed by atoms with Gasteiger partial charge in [0.2, 0.25) is 11.7 Å². The Balaban J connectivity index is 1.72. The van der Waals surface area contributed by atoms with Crippen LogP contribution in [0.1, 0.15) is 24.8 Å². The number of fused-ring (bicyclic) bond motifs is 1. The molecule has 140 valence electrons. The fourth-order valence-electron chi connectivity index (χ4n) is 3.60. The van der Waals surface area contributed by atoms with E-state index in [4.69, 9.17) is 4.74 Å². The molecule has 0 saturated carbocycles. The number of likely N-dealkylation sites (tertiary alicyclic amines) is 1. The maximum Gasteiger partial charge on any atom is 0.345 e.